The molecule has 0 amide bonds. The van der Waals surface area contributed by atoms with Gasteiger partial charge in [-0.2, -0.15) is 0 Å². The standard InChI is InChI=1S/C20H25N3O4/c1-25-20(24)18-10-9-16(27-18)14-26-22-19(21)17-8-4-3-7-15(17)13-23-11-5-2-6-12-23/h3-4,7-10H,2,5-6,11-14H2,1H3,(H2,21,22). The van der Waals surface area contributed by atoms with Crippen molar-refractivity contribution in [3.63, 3.8) is 0 Å². The summed E-state index contributed by atoms with van der Waals surface area (Å²) in [6.07, 6.45) is 3.79. The van der Waals surface area contributed by atoms with E-state index in [0.717, 1.165) is 30.8 Å². The third-order valence-corrected chi connectivity index (χ3v) is 4.55. The van der Waals surface area contributed by atoms with Crippen LogP contribution in [0.1, 0.15) is 46.7 Å². The molecule has 7 nitrogen and oxygen atoms in total. The Morgan fingerprint density at radius 3 is 2.74 bits per heavy atom. The van der Waals surface area contributed by atoms with Crippen molar-refractivity contribution in [1.82, 2.24) is 4.90 Å². The molecule has 1 fully saturated rings. The first-order chi connectivity index (χ1) is 13.2. The van der Waals surface area contributed by atoms with Gasteiger partial charge in [-0.1, -0.05) is 35.8 Å². The summed E-state index contributed by atoms with van der Waals surface area (Å²) in [4.78, 5) is 19.1. The molecular weight excluding hydrogens is 346 g/mol. The SMILES string of the molecule is COC(=O)c1ccc(CON=C(N)c2ccccc2CN2CCCCC2)o1. The van der Waals surface area contributed by atoms with E-state index in [4.69, 9.17) is 15.0 Å². The first-order valence-electron chi connectivity index (χ1n) is 9.10. The van der Waals surface area contributed by atoms with E-state index < -0.39 is 5.97 Å². The van der Waals surface area contributed by atoms with Crippen molar-refractivity contribution in [3.8, 4) is 0 Å². The van der Waals surface area contributed by atoms with Crippen LogP contribution < -0.4 is 5.73 Å². The molecule has 7 heteroatoms. The van der Waals surface area contributed by atoms with Crippen LogP contribution >= 0.6 is 0 Å². The molecule has 0 radical (unpaired) electrons. The molecule has 1 aromatic carbocycles. The number of oxime groups is 1. The highest BCUT2D eigenvalue weighted by Crippen LogP contribution is 2.16. The molecule has 1 aromatic heterocycles. The quantitative estimate of drug-likeness (QED) is 0.348. The van der Waals surface area contributed by atoms with Crippen LogP contribution in [-0.4, -0.2) is 36.9 Å². The number of likely N-dealkylation sites (tertiary alicyclic amines) is 1. The van der Waals surface area contributed by atoms with Gasteiger partial charge in [-0.3, -0.25) is 4.90 Å². The lowest BCUT2D eigenvalue weighted by atomic mass is 10.0. The summed E-state index contributed by atoms with van der Waals surface area (Å²) in [5.74, 6) is 0.381. The number of furan rings is 1. The average molecular weight is 371 g/mol. The fraction of sp³-hybridized carbons (Fsp3) is 0.400. The van der Waals surface area contributed by atoms with Crippen molar-refractivity contribution >= 4 is 11.8 Å². The molecule has 0 saturated carbocycles. The number of amidine groups is 1. The molecular formula is C20H25N3O4. The molecule has 0 spiro atoms. The second-order valence-electron chi connectivity index (χ2n) is 6.50. The molecule has 1 aliphatic rings. The van der Waals surface area contributed by atoms with E-state index in [1.807, 2.05) is 18.2 Å². The molecule has 2 N–H and O–H groups in total. The van der Waals surface area contributed by atoms with Gasteiger partial charge in [-0.05, 0) is 43.6 Å². The summed E-state index contributed by atoms with van der Waals surface area (Å²) in [6.45, 7) is 3.16. The van der Waals surface area contributed by atoms with E-state index >= 15 is 0 Å². The normalized spacial score (nSPS) is 15.5. The van der Waals surface area contributed by atoms with Crippen LogP contribution in [0.4, 0.5) is 0 Å². The Balaban J connectivity index is 1.62. The number of carbonyl (C=O) groups excluding carboxylic acids is 1. The summed E-state index contributed by atoms with van der Waals surface area (Å²) < 4.78 is 9.93. The number of benzene rings is 1. The lowest BCUT2D eigenvalue weighted by Gasteiger charge is -2.27. The van der Waals surface area contributed by atoms with Gasteiger partial charge in [0.05, 0.1) is 7.11 Å². The Hall–Kier alpha value is -2.80. The van der Waals surface area contributed by atoms with Crippen molar-refractivity contribution in [2.75, 3.05) is 20.2 Å². The Bertz CT molecular complexity index is 794. The highest BCUT2D eigenvalue weighted by Gasteiger charge is 2.14. The van der Waals surface area contributed by atoms with Crippen molar-refractivity contribution in [2.45, 2.75) is 32.4 Å². The molecule has 27 heavy (non-hydrogen) atoms. The lowest BCUT2D eigenvalue weighted by Crippen LogP contribution is -2.30. The number of carbonyl (C=O) groups is 1. The minimum atomic E-state index is -0.532. The predicted molar refractivity (Wildman–Crippen MR) is 101 cm³/mol. The number of rotatable bonds is 7. The van der Waals surface area contributed by atoms with Gasteiger partial charge < -0.3 is 19.7 Å². The van der Waals surface area contributed by atoms with Gasteiger partial charge in [0.15, 0.2) is 12.4 Å². The van der Waals surface area contributed by atoms with Gasteiger partial charge in [0.1, 0.15) is 5.76 Å². The highest BCUT2D eigenvalue weighted by molar-refractivity contribution is 5.98. The zero-order chi connectivity index (χ0) is 19.1. The molecule has 0 bridgehead atoms. The largest absolute Gasteiger partial charge is 0.463 e. The monoisotopic (exact) mass is 371 g/mol. The van der Waals surface area contributed by atoms with Gasteiger partial charge >= 0.3 is 5.97 Å². The van der Waals surface area contributed by atoms with Gasteiger partial charge in [-0.15, -0.1) is 0 Å². The summed E-state index contributed by atoms with van der Waals surface area (Å²) in [7, 11) is 1.30. The van der Waals surface area contributed by atoms with E-state index in [1.165, 1.54) is 32.4 Å². The maximum absolute atomic E-state index is 11.4. The molecule has 2 heterocycles. The van der Waals surface area contributed by atoms with Gasteiger partial charge in [0.2, 0.25) is 5.76 Å². The van der Waals surface area contributed by atoms with Crippen LogP contribution in [0.25, 0.3) is 0 Å². The number of nitrogens with zero attached hydrogens (tertiary/aromatic N) is 2. The van der Waals surface area contributed by atoms with Crippen molar-refractivity contribution < 1.29 is 18.8 Å². The van der Waals surface area contributed by atoms with E-state index in [-0.39, 0.29) is 12.4 Å². The van der Waals surface area contributed by atoms with Crippen molar-refractivity contribution in [3.05, 3.63) is 59.0 Å². The third kappa shape index (κ3) is 5.10. The van der Waals surface area contributed by atoms with Crippen molar-refractivity contribution in [1.29, 1.82) is 0 Å². The second kappa shape index (κ2) is 9.23. The first kappa shape index (κ1) is 19.0. The smallest absolute Gasteiger partial charge is 0.373 e. The molecule has 2 aromatic rings. The van der Waals surface area contributed by atoms with E-state index in [9.17, 15) is 4.79 Å². The summed E-state index contributed by atoms with van der Waals surface area (Å²) in [5.41, 5.74) is 8.15. The summed E-state index contributed by atoms with van der Waals surface area (Å²) in [6, 6.07) is 11.1. The number of piperidine rings is 1. The van der Waals surface area contributed by atoms with Crippen LogP contribution in [0.3, 0.4) is 0 Å². The molecule has 1 saturated heterocycles. The summed E-state index contributed by atoms with van der Waals surface area (Å²) in [5, 5.41) is 4.02. The number of hydrogen-bond acceptors (Lipinski definition) is 6. The number of nitrogens with two attached hydrogens (primary N) is 1. The Kier molecular flexibility index (Phi) is 6.49. The summed E-state index contributed by atoms with van der Waals surface area (Å²) >= 11 is 0. The third-order valence-electron chi connectivity index (χ3n) is 4.55. The van der Waals surface area contributed by atoms with E-state index in [2.05, 4.69) is 20.9 Å². The Morgan fingerprint density at radius 1 is 1.19 bits per heavy atom. The Morgan fingerprint density at radius 2 is 1.96 bits per heavy atom. The molecule has 3 rings (SSSR count). The Labute approximate surface area is 158 Å². The van der Waals surface area contributed by atoms with Crippen LogP contribution in [0.2, 0.25) is 0 Å². The highest BCUT2D eigenvalue weighted by atomic mass is 16.6. The van der Waals surface area contributed by atoms with E-state index in [0.29, 0.717) is 11.6 Å². The number of ether oxygens (including phenoxy) is 1. The van der Waals surface area contributed by atoms with Crippen LogP contribution in [-0.2, 0) is 22.7 Å². The molecule has 1 aliphatic heterocycles. The number of esters is 1. The average Bonchev–Trinajstić information content (AvgIpc) is 3.17. The second-order valence-corrected chi connectivity index (χ2v) is 6.50. The fourth-order valence-corrected chi connectivity index (χ4v) is 3.15. The van der Waals surface area contributed by atoms with E-state index in [1.54, 1.807) is 6.07 Å². The molecule has 0 atom stereocenters. The number of methoxy groups -OCH3 is 1. The zero-order valence-corrected chi connectivity index (χ0v) is 15.5. The maximum Gasteiger partial charge on any atom is 0.373 e. The van der Waals surface area contributed by atoms with Gasteiger partial charge in [0, 0.05) is 12.1 Å². The fourth-order valence-electron chi connectivity index (χ4n) is 3.15. The molecule has 144 valence electrons. The van der Waals surface area contributed by atoms with Crippen molar-refractivity contribution in [2.24, 2.45) is 10.9 Å². The molecule has 0 unspecified atom stereocenters. The predicted octanol–water partition coefficient (Wildman–Crippen LogP) is 2.89. The van der Waals surface area contributed by atoms with Crippen LogP contribution in [0.15, 0.2) is 46.0 Å². The zero-order valence-electron chi connectivity index (χ0n) is 15.5. The van der Waals surface area contributed by atoms with Crippen LogP contribution in [0, 0.1) is 0 Å². The minimum Gasteiger partial charge on any atom is -0.463 e. The maximum atomic E-state index is 11.4. The van der Waals surface area contributed by atoms with Gasteiger partial charge in [-0.25, -0.2) is 4.79 Å². The number of hydrogen-bond donors (Lipinski definition) is 1. The lowest BCUT2D eigenvalue weighted by molar-refractivity contribution is 0.0553. The first-order valence-corrected chi connectivity index (χ1v) is 9.10. The van der Waals surface area contributed by atoms with Gasteiger partial charge in [0.25, 0.3) is 0 Å². The minimum absolute atomic E-state index is 0.0754. The van der Waals surface area contributed by atoms with Crippen LogP contribution in [0.5, 0.6) is 0 Å². The molecule has 0 aliphatic carbocycles. The topological polar surface area (TPSA) is 90.3 Å².